The summed E-state index contributed by atoms with van der Waals surface area (Å²) in [7, 11) is 0. The van der Waals surface area contributed by atoms with Gasteiger partial charge in [-0.3, -0.25) is 0 Å². The number of nitrogens with one attached hydrogen (secondary N) is 1. The van der Waals surface area contributed by atoms with Gasteiger partial charge in [-0.15, -0.1) is 0 Å². The first kappa shape index (κ1) is 8.64. The maximum absolute atomic E-state index is 8.12. The normalized spacial score (nSPS) is 12.1. The molecule has 0 spiro atoms. The smallest absolute Gasteiger partial charge is 0.176 e. The van der Waals surface area contributed by atoms with Crippen LogP contribution in [0.1, 0.15) is 6.92 Å². The molecule has 0 heterocycles. The van der Waals surface area contributed by atoms with Crippen LogP contribution in [0.5, 0.6) is 0 Å². The molecule has 0 aliphatic rings. The van der Waals surface area contributed by atoms with Crippen molar-refractivity contribution in [3.05, 3.63) is 0 Å². The second-order valence-corrected chi connectivity index (χ2v) is 2.96. The number of hydrogen-bond donors (Lipinski definition) is 1. The molecule has 9 heavy (non-hydrogen) atoms. The highest BCUT2D eigenvalue weighted by Crippen LogP contribution is 2.01. The Hall–Kier alpha value is -0.360. The molecule has 0 saturated heterocycles. The SMILES string of the molecule is CSCC(C)CNC#N. The van der Waals surface area contributed by atoms with Crippen molar-refractivity contribution in [2.45, 2.75) is 6.92 Å². The fourth-order valence-corrected chi connectivity index (χ4v) is 1.25. The van der Waals surface area contributed by atoms with Crippen LogP contribution < -0.4 is 5.32 Å². The van der Waals surface area contributed by atoms with E-state index < -0.39 is 0 Å². The van der Waals surface area contributed by atoms with Gasteiger partial charge in [0, 0.05) is 6.54 Å². The van der Waals surface area contributed by atoms with E-state index in [1.165, 1.54) is 0 Å². The third-order valence-corrected chi connectivity index (χ3v) is 1.88. The van der Waals surface area contributed by atoms with Crippen molar-refractivity contribution in [2.24, 2.45) is 5.92 Å². The van der Waals surface area contributed by atoms with Gasteiger partial charge in [0.2, 0.25) is 0 Å². The molecule has 0 saturated carbocycles. The quantitative estimate of drug-likeness (QED) is 0.473. The van der Waals surface area contributed by atoms with E-state index in [1.54, 1.807) is 0 Å². The Balaban J connectivity index is 3.07. The van der Waals surface area contributed by atoms with Crippen LogP contribution in [-0.4, -0.2) is 18.6 Å². The van der Waals surface area contributed by atoms with Gasteiger partial charge in [0.15, 0.2) is 6.19 Å². The van der Waals surface area contributed by atoms with E-state index in [4.69, 9.17) is 5.26 Å². The van der Waals surface area contributed by atoms with Crippen LogP contribution in [0.3, 0.4) is 0 Å². The molecule has 52 valence electrons. The maximum Gasteiger partial charge on any atom is 0.176 e. The molecule has 1 unspecified atom stereocenters. The molecule has 0 aromatic rings. The van der Waals surface area contributed by atoms with Crippen molar-refractivity contribution in [3.63, 3.8) is 0 Å². The Labute approximate surface area is 60.6 Å². The number of hydrogen-bond acceptors (Lipinski definition) is 3. The predicted octanol–water partition coefficient (Wildman–Crippen LogP) is 1.06. The summed E-state index contributed by atoms with van der Waals surface area (Å²) < 4.78 is 0. The minimum Gasteiger partial charge on any atom is -0.324 e. The highest BCUT2D eigenvalue weighted by atomic mass is 32.2. The molecule has 1 atom stereocenters. The number of rotatable bonds is 4. The maximum atomic E-state index is 8.12. The summed E-state index contributed by atoms with van der Waals surface area (Å²) in [4.78, 5) is 0. The summed E-state index contributed by atoms with van der Waals surface area (Å²) in [6, 6.07) is 0. The Morgan fingerprint density at radius 3 is 2.89 bits per heavy atom. The lowest BCUT2D eigenvalue weighted by molar-refractivity contribution is 0.626. The minimum atomic E-state index is 0.597. The molecule has 0 aliphatic heterocycles. The van der Waals surface area contributed by atoms with E-state index in [0.29, 0.717) is 5.92 Å². The van der Waals surface area contributed by atoms with Gasteiger partial charge < -0.3 is 5.32 Å². The summed E-state index contributed by atoms with van der Waals surface area (Å²) in [6.07, 6.45) is 3.97. The Morgan fingerprint density at radius 1 is 1.78 bits per heavy atom. The molecule has 0 fully saturated rings. The molecule has 2 nitrogen and oxygen atoms in total. The largest absolute Gasteiger partial charge is 0.324 e. The minimum absolute atomic E-state index is 0.597. The van der Waals surface area contributed by atoms with Crippen molar-refractivity contribution in [1.82, 2.24) is 5.32 Å². The highest BCUT2D eigenvalue weighted by molar-refractivity contribution is 7.98. The zero-order valence-electron chi connectivity index (χ0n) is 5.85. The number of nitrogens with zero attached hydrogens (tertiary/aromatic N) is 1. The van der Waals surface area contributed by atoms with Crippen molar-refractivity contribution in [2.75, 3.05) is 18.6 Å². The summed E-state index contributed by atoms with van der Waals surface area (Å²) in [5, 5.41) is 10.7. The number of nitriles is 1. The lowest BCUT2D eigenvalue weighted by Gasteiger charge is -2.05. The van der Waals surface area contributed by atoms with E-state index in [-0.39, 0.29) is 0 Å². The van der Waals surface area contributed by atoms with E-state index in [2.05, 4.69) is 18.5 Å². The Bertz CT molecular complexity index is 97.7. The van der Waals surface area contributed by atoms with E-state index >= 15 is 0 Å². The van der Waals surface area contributed by atoms with Gasteiger partial charge >= 0.3 is 0 Å². The van der Waals surface area contributed by atoms with Crippen LogP contribution in [0.2, 0.25) is 0 Å². The van der Waals surface area contributed by atoms with Crippen molar-refractivity contribution in [1.29, 1.82) is 5.26 Å². The van der Waals surface area contributed by atoms with Gasteiger partial charge in [0.05, 0.1) is 0 Å². The van der Waals surface area contributed by atoms with Gasteiger partial charge in [-0.1, -0.05) is 6.92 Å². The van der Waals surface area contributed by atoms with Crippen molar-refractivity contribution < 1.29 is 0 Å². The van der Waals surface area contributed by atoms with Crippen LogP contribution in [0.25, 0.3) is 0 Å². The van der Waals surface area contributed by atoms with E-state index in [0.717, 1.165) is 12.3 Å². The Kier molecular flexibility index (Phi) is 5.54. The van der Waals surface area contributed by atoms with Crippen LogP contribution in [0.4, 0.5) is 0 Å². The molecule has 0 rings (SSSR count). The van der Waals surface area contributed by atoms with Crippen LogP contribution >= 0.6 is 11.8 Å². The van der Waals surface area contributed by atoms with Gasteiger partial charge in [-0.05, 0) is 17.9 Å². The fraction of sp³-hybridized carbons (Fsp3) is 0.833. The average molecular weight is 144 g/mol. The summed E-state index contributed by atoms with van der Waals surface area (Å²) >= 11 is 1.81. The molecule has 0 aliphatic carbocycles. The molecular weight excluding hydrogens is 132 g/mol. The van der Waals surface area contributed by atoms with Gasteiger partial charge in [-0.25, -0.2) is 0 Å². The second-order valence-electron chi connectivity index (χ2n) is 2.05. The molecule has 0 aromatic heterocycles. The highest BCUT2D eigenvalue weighted by Gasteiger charge is 1.97. The molecule has 3 heteroatoms. The standard InChI is InChI=1S/C6H12N2S/c1-6(4-9-2)3-8-5-7/h6,8H,3-4H2,1-2H3. The predicted molar refractivity (Wildman–Crippen MR) is 41.2 cm³/mol. The first-order valence-corrected chi connectivity index (χ1v) is 4.31. The zero-order valence-corrected chi connectivity index (χ0v) is 6.66. The summed E-state index contributed by atoms with van der Waals surface area (Å²) in [5.41, 5.74) is 0. The molecular formula is C6H12N2S. The second kappa shape index (κ2) is 5.77. The van der Waals surface area contributed by atoms with Crippen molar-refractivity contribution in [3.8, 4) is 6.19 Å². The van der Waals surface area contributed by atoms with Crippen molar-refractivity contribution >= 4 is 11.8 Å². The first-order valence-electron chi connectivity index (χ1n) is 2.92. The van der Waals surface area contributed by atoms with E-state index in [1.807, 2.05) is 18.0 Å². The molecule has 0 aromatic carbocycles. The third-order valence-electron chi connectivity index (χ3n) is 0.981. The van der Waals surface area contributed by atoms with Crippen LogP contribution in [0.15, 0.2) is 0 Å². The molecule has 0 amide bonds. The van der Waals surface area contributed by atoms with Crippen LogP contribution in [0, 0.1) is 17.4 Å². The lowest BCUT2D eigenvalue weighted by Crippen LogP contribution is -2.17. The first-order chi connectivity index (χ1) is 4.31. The summed E-state index contributed by atoms with van der Waals surface area (Å²) in [6.45, 7) is 2.93. The zero-order chi connectivity index (χ0) is 7.11. The third kappa shape index (κ3) is 5.51. The fourth-order valence-electron chi connectivity index (χ4n) is 0.563. The van der Waals surface area contributed by atoms with Gasteiger partial charge in [-0.2, -0.15) is 17.0 Å². The monoisotopic (exact) mass is 144 g/mol. The molecule has 0 radical (unpaired) electrons. The molecule has 1 N–H and O–H groups in total. The van der Waals surface area contributed by atoms with Gasteiger partial charge in [0.25, 0.3) is 0 Å². The average Bonchev–Trinajstić information content (AvgIpc) is 1.85. The number of thioether (sulfide) groups is 1. The Morgan fingerprint density at radius 2 is 2.44 bits per heavy atom. The summed E-state index contributed by atoms with van der Waals surface area (Å²) in [5.74, 6) is 1.72. The lowest BCUT2D eigenvalue weighted by atomic mass is 10.2. The molecule has 0 bridgehead atoms. The van der Waals surface area contributed by atoms with E-state index in [9.17, 15) is 0 Å². The van der Waals surface area contributed by atoms with Gasteiger partial charge in [0.1, 0.15) is 0 Å². The van der Waals surface area contributed by atoms with Crippen LogP contribution in [-0.2, 0) is 0 Å². The topological polar surface area (TPSA) is 35.8 Å².